The van der Waals surface area contributed by atoms with Gasteiger partial charge in [-0.05, 0) is 64.7 Å². The predicted molar refractivity (Wildman–Crippen MR) is 171 cm³/mol. The Balaban J connectivity index is 2.57. The number of carbonyl (C=O) groups excluding carboxylic acids is 4. The van der Waals surface area contributed by atoms with Gasteiger partial charge >= 0.3 is 6.09 Å². The van der Waals surface area contributed by atoms with Crippen molar-refractivity contribution in [2.45, 2.75) is 104 Å². The summed E-state index contributed by atoms with van der Waals surface area (Å²) in [5.41, 5.74) is 7.43. The number of nitrogens with zero attached hydrogens (tertiary/aromatic N) is 1. The van der Waals surface area contributed by atoms with E-state index in [9.17, 15) is 19.2 Å². The topological polar surface area (TPSA) is 131 Å². The van der Waals surface area contributed by atoms with E-state index in [1.54, 1.807) is 32.9 Å². The van der Waals surface area contributed by atoms with Crippen molar-refractivity contribution in [3.8, 4) is 0 Å². The average molecular weight is 615 g/mol. The van der Waals surface area contributed by atoms with Crippen molar-refractivity contribution in [1.82, 2.24) is 10.2 Å². The molecule has 4 amide bonds. The van der Waals surface area contributed by atoms with Gasteiger partial charge in [-0.2, -0.15) is 0 Å². The molecule has 2 atom stereocenters. The first-order valence-corrected chi connectivity index (χ1v) is 15.3. The number of carbonyl (C=O) groups is 4. The van der Waals surface area contributed by atoms with Crippen molar-refractivity contribution in [2.75, 3.05) is 11.9 Å². The second-order valence-corrected chi connectivity index (χ2v) is 12.3. The minimum Gasteiger partial charge on any atom is -0.444 e. The van der Waals surface area contributed by atoms with Crippen molar-refractivity contribution in [3.05, 3.63) is 64.2 Å². The van der Waals surface area contributed by atoms with Gasteiger partial charge in [0.15, 0.2) is 0 Å². The lowest BCUT2D eigenvalue weighted by Gasteiger charge is -2.35. The molecule has 43 heavy (non-hydrogen) atoms. The predicted octanol–water partition coefficient (Wildman–Crippen LogP) is 6.59. The van der Waals surface area contributed by atoms with Crippen LogP contribution in [-0.4, -0.2) is 46.9 Å². The number of halogens is 1. The third-order valence-corrected chi connectivity index (χ3v) is 7.19. The third kappa shape index (κ3) is 11.9. The zero-order valence-electron chi connectivity index (χ0n) is 26.3. The number of amides is 4. The Bertz CT molecular complexity index is 1220. The SMILES string of the molecule is CCCCCCCN(C(=O)C(CCC(N)=O)NC(=O)OC(C)(C)C)C(C(=O)Nc1c(C)cccc1Cl)c1ccc(C)cc1. The number of nitrogens with one attached hydrogen (secondary N) is 2. The van der Waals surface area contributed by atoms with Crippen molar-refractivity contribution in [1.29, 1.82) is 0 Å². The molecule has 0 aliphatic rings. The maximum absolute atomic E-state index is 14.3. The summed E-state index contributed by atoms with van der Waals surface area (Å²) in [6.07, 6.45) is 3.60. The fourth-order valence-electron chi connectivity index (χ4n) is 4.65. The van der Waals surface area contributed by atoms with Gasteiger partial charge in [0.05, 0.1) is 10.7 Å². The van der Waals surface area contributed by atoms with Crippen LogP contribution in [0.1, 0.15) is 95.4 Å². The number of alkyl carbamates (subject to hydrolysis) is 1. The first-order chi connectivity index (χ1) is 20.2. The lowest BCUT2D eigenvalue weighted by molar-refractivity contribution is -0.141. The van der Waals surface area contributed by atoms with E-state index in [1.165, 1.54) is 4.90 Å². The molecule has 2 aromatic rings. The summed E-state index contributed by atoms with van der Waals surface area (Å²) in [4.78, 5) is 54.5. The molecule has 4 N–H and O–H groups in total. The second kappa shape index (κ2) is 16.9. The standard InChI is InChI=1S/C33H47ClN4O5/c1-7-8-9-10-11-21-38(31(41)26(19-20-27(35)39)36-32(42)43-33(4,5)6)29(24-17-15-22(2)16-18-24)30(40)37-28-23(3)13-12-14-25(28)34/h12-18,26,29H,7-11,19-21H2,1-6H3,(H2,35,39)(H,36,42)(H,37,40). The van der Waals surface area contributed by atoms with E-state index in [2.05, 4.69) is 17.6 Å². The van der Waals surface area contributed by atoms with Crippen LogP contribution in [0.15, 0.2) is 42.5 Å². The minimum absolute atomic E-state index is 0.0500. The summed E-state index contributed by atoms with van der Waals surface area (Å²) in [6.45, 7) is 11.3. The zero-order chi connectivity index (χ0) is 32.2. The van der Waals surface area contributed by atoms with Crippen LogP contribution < -0.4 is 16.4 Å². The third-order valence-electron chi connectivity index (χ3n) is 6.88. The van der Waals surface area contributed by atoms with E-state index >= 15 is 0 Å². The number of nitrogens with two attached hydrogens (primary N) is 1. The number of aryl methyl sites for hydroxylation is 2. The van der Waals surface area contributed by atoms with E-state index in [1.807, 2.05) is 44.2 Å². The zero-order valence-corrected chi connectivity index (χ0v) is 27.1. The molecule has 0 spiro atoms. The Labute approximate surface area is 260 Å². The highest BCUT2D eigenvalue weighted by molar-refractivity contribution is 6.34. The van der Waals surface area contributed by atoms with Crippen LogP contribution in [0, 0.1) is 13.8 Å². The molecule has 2 aromatic carbocycles. The molecule has 10 heteroatoms. The van der Waals surface area contributed by atoms with Crippen molar-refractivity contribution >= 4 is 41.1 Å². The fraction of sp³-hybridized carbons (Fsp3) is 0.515. The molecule has 0 aromatic heterocycles. The number of rotatable bonds is 15. The Hall–Kier alpha value is -3.59. The van der Waals surface area contributed by atoms with Gasteiger partial charge in [0, 0.05) is 13.0 Å². The molecular formula is C33H47ClN4O5. The number of unbranched alkanes of at least 4 members (excludes halogenated alkanes) is 4. The maximum Gasteiger partial charge on any atom is 0.408 e. The monoisotopic (exact) mass is 614 g/mol. The fourth-order valence-corrected chi connectivity index (χ4v) is 4.92. The van der Waals surface area contributed by atoms with Gasteiger partial charge in [0.1, 0.15) is 17.7 Å². The van der Waals surface area contributed by atoms with E-state index in [-0.39, 0.29) is 19.4 Å². The summed E-state index contributed by atoms with van der Waals surface area (Å²) in [5, 5.41) is 5.95. The lowest BCUT2D eigenvalue weighted by Crippen LogP contribution is -2.52. The van der Waals surface area contributed by atoms with Crippen LogP contribution in [0.2, 0.25) is 5.02 Å². The van der Waals surface area contributed by atoms with Crippen molar-refractivity contribution < 1.29 is 23.9 Å². The number of hydrogen-bond acceptors (Lipinski definition) is 5. The smallest absolute Gasteiger partial charge is 0.408 e. The quantitative estimate of drug-likeness (QED) is 0.195. The Morgan fingerprint density at radius 3 is 2.21 bits per heavy atom. The molecule has 0 saturated heterocycles. The van der Waals surface area contributed by atoms with Crippen molar-refractivity contribution in [3.63, 3.8) is 0 Å². The largest absolute Gasteiger partial charge is 0.444 e. The molecule has 9 nitrogen and oxygen atoms in total. The van der Waals surface area contributed by atoms with E-state index in [0.717, 1.165) is 36.8 Å². The number of anilines is 1. The second-order valence-electron chi connectivity index (χ2n) is 11.9. The summed E-state index contributed by atoms with van der Waals surface area (Å²) < 4.78 is 5.41. The first kappa shape index (κ1) is 35.6. The molecule has 0 heterocycles. The number of hydrogen-bond donors (Lipinski definition) is 3. The van der Waals surface area contributed by atoms with E-state index in [4.69, 9.17) is 22.1 Å². The molecule has 0 saturated carbocycles. The summed E-state index contributed by atoms with van der Waals surface area (Å²) in [6, 6.07) is 10.5. The highest BCUT2D eigenvalue weighted by Gasteiger charge is 2.36. The van der Waals surface area contributed by atoms with Crippen LogP contribution in [0.5, 0.6) is 0 Å². The number of para-hydroxylation sites is 1. The minimum atomic E-state index is -1.15. The van der Waals surface area contributed by atoms with Gasteiger partial charge in [-0.3, -0.25) is 14.4 Å². The molecular weight excluding hydrogens is 568 g/mol. The highest BCUT2D eigenvalue weighted by atomic mass is 35.5. The Morgan fingerprint density at radius 1 is 0.977 bits per heavy atom. The molecule has 236 valence electrons. The van der Waals surface area contributed by atoms with Gasteiger partial charge in [-0.1, -0.05) is 86.2 Å². The van der Waals surface area contributed by atoms with Gasteiger partial charge in [0.25, 0.3) is 5.91 Å². The molecule has 0 radical (unpaired) electrons. The van der Waals surface area contributed by atoms with Crippen LogP contribution in [0.25, 0.3) is 0 Å². The number of primary amides is 1. The normalized spacial score (nSPS) is 12.6. The molecule has 0 aliphatic carbocycles. The molecule has 0 bridgehead atoms. The van der Waals surface area contributed by atoms with Crippen LogP contribution in [-0.2, 0) is 19.1 Å². The average Bonchev–Trinajstić information content (AvgIpc) is 2.91. The van der Waals surface area contributed by atoms with Gasteiger partial charge in [-0.25, -0.2) is 4.79 Å². The molecule has 2 unspecified atom stereocenters. The summed E-state index contributed by atoms with van der Waals surface area (Å²) in [7, 11) is 0. The van der Waals surface area contributed by atoms with E-state index in [0.29, 0.717) is 22.7 Å². The number of ether oxygens (including phenoxy) is 1. The number of benzene rings is 2. The molecule has 2 rings (SSSR count). The lowest BCUT2D eigenvalue weighted by atomic mass is 9.99. The first-order valence-electron chi connectivity index (χ1n) is 14.9. The van der Waals surface area contributed by atoms with Gasteiger partial charge in [0.2, 0.25) is 11.8 Å². The summed E-state index contributed by atoms with van der Waals surface area (Å²) >= 11 is 6.45. The van der Waals surface area contributed by atoms with E-state index < -0.39 is 41.5 Å². The molecule has 0 fully saturated rings. The van der Waals surface area contributed by atoms with Gasteiger partial charge < -0.3 is 26.0 Å². The van der Waals surface area contributed by atoms with Gasteiger partial charge in [-0.15, -0.1) is 0 Å². The Kier molecular flexibility index (Phi) is 14.0. The highest BCUT2D eigenvalue weighted by Crippen LogP contribution is 2.30. The van der Waals surface area contributed by atoms with Crippen LogP contribution in [0.4, 0.5) is 10.5 Å². The van der Waals surface area contributed by atoms with Crippen LogP contribution >= 0.6 is 11.6 Å². The summed E-state index contributed by atoms with van der Waals surface area (Å²) in [5.74, 6) is -1.58. The van der Waals surface area contributed by atoms with Crippen molar-refractivity contribution in [2.24, 2.45) is 5.73 Å². The van der Waals surface area contributed by atoms with Crippen LogP contribution in [0.3, 0.4) is 0 Å². The maximum atomic E-state index is 14.3. The Morgan fingerprint density at radius 2 is 1.63 bits per heavy atom. The molecule has 0 aliphatic heterocycles.